The van der Waals surface area contributed by atoms with Crippen molar-refractivity contribution < 1.29 is 9.96 Å². The van der Waals surface area contributed by atoms with Gasteiger partial charge in [0.2, 0.25) is 0 Å². The van der Waals surface area contributed by atoms with Crippen molar-refractivity contribution in [1.29, 1.82) is 0 Å². The molecule has 2 aliphatic rings. The van der Waals surface area contributed by atoms with Crippen molar-refractivity contribution in [3.8, 4) is 0 Å². The van der Waals surface area contributed by atoms with Crippen LogP contribution in [0.3, 0.4) is 0 Å². The third kappa shape index (κ3) is 2.32. The molecule has 2 fully saturated rings. The van der Waals surface area contributed by atoms with Crippen molar-refractivity contribution in [2.24, 2.45) is 5.92 Å². The molecule has 1 saturated heterocycles. The molecule has 100 valence electrons. The minimum atomic E-state index is 0. The zero-order valence-electron chi connectivity index (χ0n) is 11.4. The van der Waals surface area contributed by atoms with Crippen molar-refractivity contribution in [2.75, 3.05) is 19.6 Å². The Morgan fingerprint density at radius 1 is 1.11 bits per heavy atom. The minimum Gasteiger partial charge on any atom is -0.870 e. The van der Waals surface area contributed by atoms with Gasteiger partial charge in [-0.3, -0.25) is 0 Å². The maximum Gasteiger partial charge on any atom is 0.117 e. The number of rotatable bonds is 4. The molecule has 3 rings (SSSR count). The molecule has 1 atom stereocenters. The number of nitrogens with zero attached hydrogens (tertiary/aromatic N) is 1. The number of benzene rings is 1. The summed E-state index contributed by atoms with van der Waals surface area (Å²) < 4.78 is 1.37. The molecule has 1 aromatic carbocycles. The van der Waals surface area contributed by atoms with E-state index in [0.29, 0.717) is 0 Å². The molecular formula is C16H25NO. The lowest BCUT2D eigenvalue weighted by Gasteiger charge is -2.41. The molecule has 0 radical (unpaired) electrons. The summed E-state index contributed by atoms with van der Waals surface area (Å²) in [6.45, 7) is 6.53. The van der Waals surface area contributed by atoms with Gasteiger partial charge in [-0.2, -0.15) is 0 Å². The molecule has 1 aliphatic heterocycles. The Kier molecular flexibility index (Phi) is 4.08. The van der Waals surface area contributed by atoms with Crippen LogP contribution >= 0.6 is 0 Å². The first-order chi connectivity index (χ1) is 8.36. The molecule has 1 aromatic rings. The molecule has 1 N–H and O–H groups in total. The second-order valence-corrected chi connectivity index (χ2v) is 5.88. The number of quaternary nitrogens is 1. The lowest BCUT2D eigenvalue weighted by molar-refractivity contribution is -0.947. The first-order valence-electron chi connectivity index (χ1n) is 7.26. The normalized spacial score (nSPS) is 23.4. The van der Waals surface area contributed by atoms with E-state index in [9.17, 15) is 0 Å². The number of likely N-dealkylation sites (tertiary alicyclic amines) is 1. The van der Waals surface area contributed by atoms with Crippen molar-refractivity contribution in [3.05, 3.63) is 35.9 Å². The summed E-state index contributed by atoms with van der Waals surface area (Å²) in [6.07, 6.45) is 5.78. The summed E-state index contributed by atoms with van der Waals surface area (Å²) in [4.78, 5) is 0. The van der Waals surface area contributed by atoms with E-state index in [2.05, 4.69) is 37.3 Å². The topological polar surface area (TPSA) is 30.0 Å². The van der Waals surface area contributed by atoms with E-state index >= 15 is 0 Å². The first-order valence-corrected chi connectivity index (χ1v) is 7.26. The van der Waals surface area contributed by atoms with Gasteiger partial charge in [-0.1, -0.05) is 30.3 Å². The van der Waals surface area contributed by atoms with E-state index < -0.39 is 0 Å². The molecule has 1 unspecified atom stereocenters. The van der Waals surface area contributed by atoms with Gasteiger partial charge in [0.05, 0.1) is 19.6 Å². The van der Waals surface area contributed by atoms with Crippen LogP contribution in [0, 0.1) is 5.92 Å². The third-order valence-corrected chi connectivity index (χ3v) is 4.89. The largest absolute Gasteiger partial charge is 0.870 e. The smallest absolute Gasteiger partial charge is 0.117 e. The zero-order chi connectivity index (χ0) is 11.7. The summed E-state index contributed by atoms with van der Waals surface area (Å²) in [6, 6.07) is 12.1. The number of hydrogen-bond acceptors (Lipinski definition) is 1. The maximum absolute atomic E-state index is 2.39. The predicted octanol–water partition coefficient (Wildman–Crippen LogP) is 3.59. The van der Waals surface area contributed by atoms with Gasteiger partial charge in [0, 0.05) is 24.3 Å². The van der Waals surface area contributed by atoms with Crippen LogP contribution in [0.5, 0.6) is 0 Å². The van der Waals surface area contributed by atoms with Crippen LogP contribution in [0.4, 0.5) is 0 Å². The van der Waals surface area contributed by atoms with E-state index in [1.54, 1.807) is 5.56 Å². The van der Waals surface area contributed by atoms with Crippen molar-refractivity contribution in [2.45, 2.75) is 38.6 Å². The highest BCUT2D eigenvalue weighted by molar-refractivity contribution is 5.19. The number of hydrogen-bond donors (Lipinski definition) is 0. The molecule has 2 nitrogen and oxygen atoms in total. The van der Waals surface area contributed by atoms with E-state index in [1.807, 2.05) is 0 Å². The first kappa shape index (κ1) is 13.6. The van der Waals surface area contributed by atoms with Gasteiger partial charge in [-0.15, -0.1) is 0 Å². The SMILES string of the molecule is CC[N+]1(C(c2ccccc2)C2CC2)CCCC1.[OH-]. The Hall–Kier alpha value is -0.860. The second kappa shape index (κ2) is 5.41. The van der Waals surface area contributed by atoms with Crippen molar-refractivity contribution in [3.63, 3.8) is 0 Å². The van der Waals surface area contributed by atoms with E-state index in [0.717, 1.165) is 12.0 Å². The molecular weight excluding hydrogens is 222 g/mol. The Bertz CT molecular complexity index is 366. The van der Waals surface area contributed by atoms with Crippen LogP contribution in [0.25, 0.3) is 0 Å². The highest BCUT2D eigenvalue weighted by Gasteiger charge is 2.47. The van der Waals surface area contributed by atoms with E-state index in [4.69, 9.17) is 0 Å². The van der Waals surface area contributed by atoms with Crippen LogP contribution in [0.2, 0.25) is 0 Å². The Morgan fingerprint density at radius 2 is 1.72 bits per heavy atom. The van der Waals surface area contributed by atoms with Crippen LogP contribution in [0.15, 0.2) is 30.3 Å². The highest BCUT2D eigenvalue weighted by Crippen LogP contribution is 2.49. The Morgan fingerprint density at radius 3 is 2.22 bits per heavy atom. The van der Waals surface area contributed by atoms with Gasteiger partial charge in [0.1, 0.15) is 6.04 Å². The van der Waals surface area contributed by atoms with Crippen LogP contribution in [-0.2, 0) is 0 Å². The molecule has 0 bridgehead atoms. The van der Waals surface area contributed by atoms with Crippen LogP contribution in [-0.4, -0.2) is 29.6 Å². The lowest BCUT2D eigenvalue weighted by atomic mass is 9.98. The van der Waals surface area contributed by atoms with E-state index in [-0.39, 0.29) is 5.48 Å². The van der Waals surface area contributed by atoms with Crippen molar-refractivity contribution in [1.82, 2.24) is 0 Å². The average Bonchev–Trinajstić information content (AvgIpc) is 3.08. The van der Waals surface area contributed by atoms with Crippen molar-refractivity contribution >= 4 is 0 Å². The summed E-state index contributed by atoms with van der Waals surface area (Å²) in [5, 5.41) is 0. The van der Waals surface area contributed by atoms with Gasteiger partial charge in [-0.05, 0) is 19.8 Å². The molecule has 1 aliphatic carbocycles. The molecule has 0 aromatic heterocycles. The third-order valence-electron chi connectivity index (χ3n) is 4.89. The van der Waals surface area contributed by atoms with Gasteiger partial charge in [-0.25, -0.2) is 0 Å². The summed E-state index contributed by atoms with van der Waals surface area (Å²) in [5.41, 5.74) is 1.60. The fourth-order valence-electron chi connectivity index (χ4n) is 3.85. The predicted molar refractivity (Wildman–Crippen MR) is 73.6 cm³/mol. The fraction of sp³-hybridized carbons (Fsp3) is 0.625. The minimum absolute atomic E-state index is 0. The highest BCUT2D eigenvalue weighted by atomic mass is 16.0. The Labute approximate surface area is 111 Å². The summed E-state index contributed by atoms with van der Waals surface area (Å²) >= 11 is 0. The monoisotopic (exact) mass is 247 g/mol. The van der Waals surface area contributed by atoms with Gasteiger partial charge in [0.15, 0.2) is 0 Å². The maximum atomic E-state index is 2.39. The van der Waals surface area contributed by atoms with E-state index in [1.165, 1.54) is 49.8 Å². The molecule has 1 heterocycles. The molecule has 2 heteroatoms. The molecule has 18 heavy (non-hydrogen) atoms. The molecule has 0 spiro atoms. The zero-order valence-corrected chi connectivity index (χ0v) is 11.4. The average molecular weight is 247 g/mol. The second-order valence-electron chi connectivity index (χ2n) is 5.88. The lowest BCUT2D eigenvalue weighted by Crippen LogP contribution is -2.48. The standard InChI is InChI=1S/C16H24N.H2O/c1-2-17(12-6-7-13-17)16(15-10-11-15)14-8-4-3-5-9-14;/h3-5,8-9,15-16H,2,6-7,10-13H2,1H3;1H2/q+1;/p-1. The molecule has 1 saturated carbocycles. The van der Waals surface area contributed by atoms with Gasteiger partial charge >= 0.3 is 0 Å². The van der Waals surface area contributed by atoms with Crippen LogP contribution in [0.1, 0.15) is 44.2 Å². The Balaban J connectivity index is 0.00000120. The molecule has 0 amide bonds. The summed E-state index contributed by atoms with van der Waals surface area (Å²) in [7, 11) is 0. The van der Waals surface area contributed by atoms with Gasteiger partial charge < -0.3 is 9.96 Å². The fourth-order valence-corrected chi connectivity index (χ4v) is 3.85. The van der Waals surface area contributed by atoms with Gasteiger partial charge in [0.25, 0.3) is 0 Å². The van der Waals surface area contributed by atoms with Crippen LogP contribution < -0.4 is 0 Å². The quantitative estimate of drug-likeness (QED) is 0.748. The summed E-state index contributed by atoms with van der Waals surface area (Å²) in [5.74, 6) is 0.968.